The zero-order valence-corrected chi connectivity index (χ0v) is 10.2. The molecule has 2 unspecified atom stereocenters. The molecule has 0 radical (unpaired) electrons. The molecule has 1 aromatic carbocycles. The molecule has 2 nitrogen and oxygen atoms in total. The molecule has 16 heavy (non-hydrogen) atoms. The Morgan fingerprint density at radius 1 is 1.31 bits per heavy atom. The molecular formula is C13H20FNO. The van der Waals surface area contributed by atoms with E-state index in [0.717, 1.165) is 6.42 Å². The van der Waals surface area contributed by atoms with Gasteiger partial charge in [0.25, 0.3) is 0 Å². The lowest BCUT2D eigenvalue weighted by molar-refractivity contribution is 0.228. The standard InChI is InChI=1S/C13H20FNO/c1-4-10(2)13(15-3)9-16-12-7-5-11(14)6-8-12/h5-8,10,13,15H,4,9H2,1-3H3. The molecule has 2 atom stereocenters. The summed E-state index contributed by atoms with van der Waals surface area (Å²) in [6.07, 6.45) is 1.11. The zero-order valence-electron chi connectivity index (χ0n) is 10.2. The lowest BCUT2D eigenvalue weighted by Gasteiger charge is -2.22. The molecule has 0 aliphatic heterocycles. The third-order valence-electron chi connectivity index (χ3n) is 2.94. The van der Waals surface area contributed by atoms with Gasteiger partial charge in [-0.15, -0.1) is 0 Å². The molecule has 0 fully saturated rings. The van der Waals surface area contributed by atoms with E-state index in [2.05, 4.69) is 19.2 Å². The lowest BCUT2D eigenvalue weighted by Crippen LogP contribution is -2.37. The van der Waals surface area contributed by atoms with Crippen molar-refractivity contribution in [1.29, 1.82) is 0 Å². The number of benzene rings is 1. The number of ether oxygens (including phenoxy) is 1. The number of hydrogen-bond donors (Lipinski definition) is 1. The van der Waals surface area contributed by atoms with Crippen molar-refractivity contribution in [2.45, 2.75) is 26.3 Å². The fourth-order valence-electron chi connectivity index (χ4n) is 1.53. The third-order valence-corrected chi connectivity index (χ3v) is 2.94. The fourth-order valence-corrected chi connectivity index (χ4v) is 1.53. The summed E-state index contributed by atoms with van der Waals surface area (Å²) < 4.78 is 18.3. The van der Waals surface area contributed by atoms with E-state index in [-0.39, 0.29) is 5.82 Å². The first kappa shape index (κ1) is 13.0. The van der Waals surface area contributed by atoms with Crippen LogP contribution in [-0.4, -0.2) is 19.7 Å². The SMILES string of the molecule is CCC(C)C(COc1ccc(F)cc1)NC. The first-order chi connectivity index (χ1) is 7.67. The van der Waals surface area contributed by atoms with Crippen LogP contribution in [0, 0.1) is 11.7 Å². The molecule has 0 spiro atoms. The maximum Gasteiger partial charge on any atom is 0.123 e. The number of hydrogen-bond acceptors (Lipinski definition) is 2. The quantitative estimate of drug-likeness (QED) is 0.803. The number of nitrogens with one attached hydrogen (secondary N) is 1. The largest absolute Gasteiger partial charge is 0.492 e. The van der Waals surface area contributed by atoms with Gasteiger partial charge in [-0.25, -0.2) is 4.39 Å². The van der Waals surface area contributed by atoms with E-state index in [1.807, 2.05) is 7.05 Å². The molecule has 0 amide bonds. The molecule has 90 valence electrons. The maximum atomic E-state index is 12.7. The summed E-state index contributed by atoms with van der Waals surface area (Å²) in [5.41, 5.74) is 0. The Labute approximate surface area is 96.8 Å². The van der Waals surface area contributed by atoms with Gasteiger partial charge in [0.1, 0.15) is 18.2 Å². The predicted octanol–water partition coefficient (Wildman–Crippen LogP) is 2.84. The highest BCUT2D eigenvalue weighted by molar-refractivity contribution is 5.22. The highest BCUT2D eigenvalue weighted by Gasteiger charge is 2.14. The van der Waals surface area contributed by atoms with Gasteiger partial charge < -0.3 is 10.1 Å². The van der Waals surface area contributed by atoms with E-state index in [9.17, 15) is 4.39 Å². The van der Waals surface area contributed by atoms with E-state index in [0.29, 0.717) is 24.3 Å². The molecule has 0 saturated carbocycles. The van der Waals surface area contributed by atoms with Gasteiger partial charge in [0.2, 0.25) is 0 Å². The Bertz CT molecular complexity index is 299. The van der Waals surface area contributed by atoms with Crippen LogP contribution >= 0.6 is 0 Å². The van der Waals surface area contributed by atoms with Crippen molar-refractivity contribution in [3.8, 4) is 5.75 Å². The minimum Gasteiger partial charge on any atom is -0.492 e. The third kappa shape index (κ3) is 3.81. The first-order valence-electron chi connectivity index (χ1n) is 5.73. The van der Waals surface area contributed by atoms with Crippen LogP contribution < -0.4 is 10.1 Å². The van der Waals surface area contributed by atoms with Crippen LogP contribution in [0.2, 0.25) is 0 Å². The van der Waals surface area contributed by atoms with Gasteiger partial charge in [0, 0.05) is 6.04 Å². The minimum absolute atomic E-state index is 0.237. The minimum atomic E-state index is -0.237. The van der Waals surface area contributed by atoms with Crippen LogP contribution in [0.1, 0.15) is 20.3 Å². The van der Waals surface area contributed by atoms with E-state index < -0.39 is 0 Å². The van der Waals surface area contributed by atoms with E-state index in [4.69, 9.17) is 4.74 Å². The van der Waals surface area contributed by atoms with Crippen LogP contribution in [0.15, 0.2) is 24.3 Å². The molecule has 0 heterocycles. The second-order valence-corrected chi connectivity index (χ2v) is 4.05. The van der Waals surface area contributed by atoms with Crippen LogP contribution in [0.3, 0.4) is 0 Å². The summed E-state index contributed by atoms with van der Waals surface area (Å²) in [5.74, 6) is 1.04. The molecule has 1 rings (SSSR count). The summed E-state index contributed by atoms with van der Waals surface area (Å²) >= 11 is 0. The molecular weight excluding hydrogens is 205 g/mol. The highest BCUT2D eigenvalue weighted by atomic mass is 19.1. The molecule has 0 aliphatic carbocycles. The molecule has 0 aliphatic rings. The average Bonchev–Trinajstić information content (AvgIpc) is 2.31. The molecule has 0 saturated heterocycles. The second-order valence-electron chi connectivity index (χ2n) is 4.05. The Morgan fingerprint density at radius 3 is 2.44 bits per heavy atom. The maximum absolute atomic E-state index is 12.7. The van der Waals surface area contributed by atoms with Crippen molar-refractivity contribution < 1.29 is 9.13 Å². The topological polar surface area (TPSA) is 21.3 Å². The lowest BCUT2D eigenvalue weighted by atomic mass is 10.0. The smallest absolute Gasteiger partial charge is 0.123 e. The van der Waals surface area contributed by atoms with Crippen molar-refractivity contribution in [3.05, 3.63) is 30.1 Å². The number of likely N-dealkylation sites (N-methyl/N-ethyl adjacent to an activating group) is 1. The van der Waals surface area contributed by atoms with Gasteiger partial charge in [-0.2, -0.15) is 0 Å². The average molecular weight is 225 g/mol. The molecule has 0 aromatic heterocycles. The van der Waals surface area contributed by atoms with Gasteiger partial charge >= 0.3 is 0 Å². The van der Waals surface area contributed by atoms with Crippen LogP contribution in [0.4, 0.5) is 4.39 Å². The van der Waals surface area contributed by atoms with Crippen LogP contribution in [0.5, 0.6) is 5.75 Å². The van der Waals surface area contributed by atoms with E-state index in [1.165, 1.54) is 12.1 Å². The van der Waals surface area contributed by atoms with Crippen molar-refractivity contribution in [1.82, 2.24) is 5.32 Å². The van der Waals surface area contributed by atoms with Gasteiger partial charge in [-0.1, -0.05) is 20.3 Å². The van der Waals surface area contributed by atoms with E-state index >= 15 is 0 Å². The molecule has 3 heteroatoms. The van der Waals surface area contributed by atoms with Gasteiger partial charge in [-0.3, -0.25) is 0 Å². The van der Waals surface area contributed by atoms with Crippen molar-refractivity contribution >= 4 is 0 Å². The predicted molar refractivity (Wildman–Crippen MR) is 64.2 cm³/mol. The van der Waals surface area contributed by atoms with Gasteiger partial charge in [0.05, 0.1) is 0 Å². The number of halogens is 1. The van der Waals surface area contributed by atoms with Crippen molar-refractivity contribution in [3.63, 3.8) is 0 Å². The first-order valence-corrected chi connectivity index (χ1v) is 5.73. The van der Waals surface area contributed by atoms with Crippen molar-refractivity contribution in [2.75, 3.05) is 13.7 Å². The van der Waals surface area contributed by atoms with Gasteiger partial charge in [-0.05, 0) is 37.2 Å². The van der Waals surface area contributed by atoms with E-state index in [1.54, 1.807) is 12.1 Å². The van der Waals surface area contributed by atoms with Gasteiger partial charge in [0.15, 0.2) is 0 Å². The van der Waals surface area contributed by atoms with Crippen LogP contribution in [0.25, 0.3) is 0 Å². The Morgan fingerprint density at radius 2 is 1.94 bits per heavy atom. The zero-order chi connectivity index (χ0) is 12.0. The normalized spacial score (nSPS) is 14.5. The Hall–Kier alpha value is -1.09. The highest BCUT2D eigenvalue weighted by Crippen LogP contribution is 2.13. The molecule has 1 aromatic rings. The monoisotopic (exact) mass is 225 g/mol. The summed E-state index contributed by atoms with van der Waals surface area (Å²) in [6, 6.07) is 6.45. The Kier molecular flexibility index (Phi) is 5.26. The fraction of sp³-hybridized carbons (Fsp3) is 0.538. The van der Waals surface area contributed by atoms with Crippen molar-refractivity contribution in [2.24, 2.45) is 5.92 Å². The Balaban J connectivity index is 2.46. The summed E-state index contributed by atoms with van der Waals surface area (Å²) in [5, 5.41) is 3.24. The van der Waals surface area contributed by atoms with Crippen LogP contribution in [-0.2, 0) is 0 Å². The molecule has 0 bridgehead atoms. The summed E-state index contributed by atoms with van der Waals surface area (Å²) in [4.78, 5) is 0. The second kappa shape index (κ2) is 6.48. The summed E-state index contributed by atoms with van der Waals surface area (Å²) in [7, 11) is 1.94. The molecule has 1 N–H and O–H groups in total. The number of rotatable bonds is 6. The summed E-state index contributed by atoms with van der Waals surface area (Å²) in [6.45, 7) is 4.96.